The molecule has 0 bridgehead atoms. The molecule has 3 nitrogen and oxygen atoms in total. The average molecular weight is 264 g/mol. The zero-order chi connectivity index (χ0) is 13.7. The van der Waals surface area contributed by atoms with Gasteiger partial charge in [-0.25, -0.2) is 4.39 Å². The van der Waals surface area contributed by atoms with Crippen LogP contribution in [-0.4, -0.2) is 30.4 Å². The van der Waals surface area contributed by atoms with Crippen LogP contribution in [0.2, 0.25) is 0 Å². The molecule has 1 aromatic rings. The Hall–Kier alpha value is -1.42. The molecule has 0 atom stereocenters. The van der Waals surface area contributed by atoms with Gasteiger partial charge in [-0.3, -0.25) is 9.69 Å². The highest BCUT2D eigenvalue weighted by atomic mass is 19.1. The summed E-state index contributed by atoms with van der Waals surface area (Å²) in [5.74, 6) is -0.174. The molecule has 1 aromatic carbocycles. The fraction of sp³-hybridized carbons (Fsp3) is 0.533. The van der Waals surface area contributed by atoms with Crippen LogP contribution in [0, 0.1) is 5.82 Å². The summed E-state index contributed by atoms with van der Waals surface area (Å²) in [6.45, 7) is 0.933. The second-order valence-corrected chi connectivity index (χ2v) is 5.35. The van der Waals surface area contributed by atoms with E-state index in [0.717, 1.165) is 18.4 Å². The third-order valence-corrected chi connectivity index (χ3v) is 3.48. The van der Waals surface area contributed by atoms with E-state index in [1.54, 1.807) is 6.07 Å². The van der Waals surface area contributed by atoms with Gasteiger partial charge in [0.15, 0.2) is 0 Å². The van der Waals surface area contributed by atoms with Crippen LogP contribution in [0.5, 0.6) is 0 Å². The standard InChI is InChI=1S/C15H21FN2O/c1-18(10-12-5-4-6-13(16)9-12)11-15(19)17-14-7-2-3-8-14/h4-6,9,14H,2-3,7-8,10-11H2,1H3,(H,17,19). The highest BCUT2D eigenvalue weighted by Crippen LogP contribution is 2.17. The van der Waals surface area contributed by atoms with Gasteiger partial charge >= 0.3 is 0 Å². The Bertz CT molecular complexity index is 430. The molecule has 1 fully saturated rings. The molecule has 0 aromatic heterocycles. The zero-order valence-electron chi connectivity index (χ0n) is 11.4. The molecule has 0 saturated heterocycles. The summed E-state index contributed by atoms with van der Waals surface area (Å²) in [7, 11) is 1.87. The Kier molecular flexibility index (Phi) is 4.91. The minimum atomic E-state index is -0.235. The van der Waals surface area contributed by atoms with Crippen LogP contribution in [0.4, 0.5) is 4.39 Å². The molecule has 1 aliphatic rings. The minimum Gasteiger partial charge on any atom is -0.352 e. The first kappa shape index (κ1) is 14.0. The molecule has 2 rings (SSSR count). The van der Waals surface area contributed by atoms with Gasteiger partial charge in [0, 0.05) is 12.6 Å². The van der Waals surface area contributed by atoms with E-state index >= 15 is 0 Å². The number of likely N-dealkylation sites (N-methyl/N-ethyl adjacent to an activating group) is 1. The molecule has 1 aliphatic carbocycles. The van der Waals surface area contributed by atoms with Crippen LogP contribution in [0.1, 0.15) is 31.2 Å². The van der Waals surface area contributed by atoms with Gasteiger partial charge in [0.1, 0.15) is 5.82 Å². The van der Waals surface area contributed by atoms with Crippen molar-refractivity contribution in [3.05, 3.63) is 35.6 Å². The van der Waals surface area contributed by atoms with E-state index in [9.17, 15) is 9.18 Å². The monoisotopic (exact) mass is 264 g/mol. The molecule has 1 saturated carbocycles. The number of hydrogen-bond acceptors (Lipinski definition) is 2. The van der Waals surface area contributed by atoms with Gasteiger partial charge in [0.25, 0.3) is 0 Å². The fourth-order valence-corrected chi connectivity index (χ4v) is 2.59. The van der Waals surface area contributed by atoms with E-state index in [1.165, 1.54) is 25.0 Å². The summed E-state index contributed by atoms with van der Waals surface area (Å²) >= 11 is 0. The van der Waals surface area contributed by atoms with Crippen molar-refractivity contribution in [1.29, 1.82) is 0 Å². The molecule has 0 radical (unpaired) electrons. The van der Waals surface area contributed by atoms with E-state index in [-0.39, 0.29) is 11.7 Å². The fourth-order valence-electron chi connectivity index (χ4n) is 2.59. The second-order valence-electron chi connectivity index (χ2n) is 5.35. The number of halogens is 1. The lowest BCUT2D eigenvalue weighted by Gasteiger charge is -2.18. The lowest BCUT2D eigenvalue weighted by molar-refractivity contribution is -0.122. The smallest absolute Gasteiger partial charge is 0.234 e. The number of nitrogens with one attached hydrogen (secondary N) is 1. The van der Waals surface area contributed by atoms with Crippen molar-refractivity contribution >= 4 is 5.91 Å². The predicted octanol–water partition coefficient (Wildman–Crippen LogP) is 2.32. The normalized spacial score (nSPS) is 15.9. The van der Waals surface area contributed by atoms with Gasteiger partial charge in [-0.05, 0) is 37.6 Å². The summed E-state index contributed by atoms with van der Waals surface area (Å²) in [6, 6.07) is 6.85. The lowest BCUT2D eigenvalue weighted by atomic mass is 10.2. The van der Waals surface area contributed by atoms with Crippen molar-refractivity contribution < 1.29 is 9.18 Å². The SMILES string of the molecule is CN(CC(=O)NC1CCCC1)Cc1cccc(F)c1. The predicted molar refractivity (Wildman–Crippen MR) is 73.1 cm³/mol. The first-order valence-corrected chi connectivity index (χ1v) is 6.86. The van der Waals surface area contributed by atoms with Crippen molar-refractivity contribution in [2.24, 2.45) is 0 Å². The van der Waals surface area contributed by atoms with Gasteiger partial charge in [-0.1, -0.05) is 25.0 Å². The Morgan fingerprint density at radius 2 is 2.16 bits per heavy atom. The first-order valence-electron chi connectivity index (χ1n) is 6.86. The van der Waals surface area contributed by atoms with Crippen LogP contribution in [0.15, 0.2) is 24.3 Å². The maximum atomic E-state index is 13.1. The molecule has 104 valence electrons. The van der Waals surface area contributed by atoms with E-state index in [1.807, 2.05) is 18.0 Å². The first-order chi connectivity index (χ1) is 9.13. The molecule has 0 aliphatic heterocycles. The van der Waals surface area contributed by atoms with Crippen LogP contribution in [0.25, 0.3) is 0 Å². The summed E-state index contributed by atoms with van der Waals surface area (Å²) in [6.07, 6.45) is 4.62. The number of rotatable bonds is 5. The molecule has 1 amide bonds. The Labute approximate surface area is 113 Å². The minimum absolute atomic E-state index is 0.0609. The summed E-state index contributed by atoms with van der Waals surface area (Å²) in [5.41, 5.74) is 0.885. The van der Waals surface area contributed by atoms with Gasteiger partial charge in [0.05, 0.1) is 6.54 Å². The van der Waals surface area contributed by atoms with Gasteiger partial charge in [-0.2, -0.15) is 0 Å². The van der Waals surface area contributed by atoms with E-state index in [0.29, 0.717) is 19.1 Å². The Balaban J connectivity index is 1.77. The number of carbonyl (C=O) groups excluding carboxylic acids is 1. The highest BCUT2D eigenvalue weighted by molar-refractivity contribution is 5.78. The highest BCUT2D eigenvalue weighted by Gasteiger charge is 2.17. The molecule has 4 heteroatoms. The summed E-state index contributed by atoms with van der Waals surface area (Å²) in [5, 5.41) is 3.05. The van der Waals surface area contributed by atoms with E-state index < -0.39 is 0 Å². The van der Waals surface area contributed by atoms with Gasteiger partial charge < -0.3 is 5.32 Å². The lowest BCUT2D eigenvalue weighted by Crippen LogP contribution is -2.39. The topological polar surface area (TPSA) is 32.3 Å². The average Bonchev–Trinajstić information content (AvgIpc) is 2.81. The molecule has 0 unspecified atom stereocenters. The van der Waals surface area contributed by atoms with Crippen molar-refractivity contribution in [1.82, 2.24) is 10.2 Å². The number of carbonyl (C=O) groups is 1. The second kappa shape index (κ2) is 6.66. The van der Waals surface area contributed by atoms with Crippen molar-refractivity contribution in [3.8, 4) is 0 Å². The van der Waals surface area contributed by atoms with Crippen LogP contribution >= 0.6 is 0 Å². The summed E-state index contributed by atoms with van der Waals surface area (Å²) < 4.78 is 13.1. The number of amides is 1. The molecule has 0 spiro atoms. The Morgan fingerprint density at radius 3 is 2.84 bits per heavy atom. The maximum absolute atomic E-state index is 13.1. The quantitative estimate of drug-likeness (QED) is 0.885. The van der Waals surface area contributed by atoms with Crippen LogP contribution < -0.4 is 5.32 Å². The van der Waals surface area contributed by atoms with Crippen molar-refractivity contribution in [2.45, 2.75) is 38.3 Å². The van der Waals surface area contributed by atoms with Gasteiger partial charge in [0.2, 0.25) is 5.91 Å². The third-order valence-electron chi connectivity index (χ3n) is 3.48. The number of nitrogens with zero attached hydrogens (tertiary/aromatic N) is 1. The zero-order valence-corrected chi connectivity index (χ0v) is 11.4. The van der Waals surface area contributed by atoms with Crippen LogP contribution in [0.3, 0.4) is 0 Å². The number of benzene rings is 1. The molecule has 1 N–H and O–H groups in total. The molecule has 0 heterocycles. The van der Waals surface area contributed by atoms with E-state index in [4.69, 9.17) is 0 Å². The number of hydrogen-bond donors (Lipinski definition) is 1. The van der Waals surface area contributed by atoms with E-state index in [2.05, 4.69) is 5.32 Å². The Morgan fingerprint density at radius 1 is 1.42 bits per heavy atom. The third kappa shape index (κ3) is 4.63. The van der Waals surface area contributed by atoms with Crippen molar-refractivity contribution in [2.75, 3.05) is 13.6 Å². The van der Waals surface area contributed by atoms with Crippen LogP contribution in [-0.2, 0) is 11.3 Å². The molecular weight excluding hydrogens is 243 g/mol. The van der Waals surface area contributed by atoms with Gasteiger partial charge in [-0.15, -0.1) is 0 Å². The largest absolute Gasteiger partial charge is 0.352 e. The maximum Gasteiger partial charge on any atom is 0.234 e. The molecule has 19 heavy (non-hydrogen) atoms. The summed E-state index contributed by atoms with van der Waals surface area (Å²) in [4.78, 5) is 13.7. The van der Waals surface area contributed by atoms with Crippen molar-refractivity contribution in [3.63, 3.8) is 0 Å². The molecular formula is C15H21FN2O.